The lowest BCUT2D eigenvalue weighted by molar-refractivity contribution is 1.29. The molecule has 0 N–H and O–H groups in total. The fourth-order valence-corrected chi connectivity index (χ4v) is 0.183. The predicted octanol–water partition coefficient (Wildman–Crippen LogP) is 2.44. The molecule has 10 heavy (non-hydrogen) atoms. The molecule has 0 atom stereocenters. The van der Waals surface area contributed by atoms with Crippen LogP contribution in [0.15, 0.2) is 34.5 Å². The zero-order valence-corrected chi connectivity index (χ0v) is 6.72. The molecule has 2 nitrogen and oxygen atoms in total. The zero-order valence-electron chi connectivity index (χ0n) is 6.72. The molecule has 0 amide bonds. The second kappa shape index (κ2) is 7.82. The van der Waals surface area contributed by atoms with Gasteiger partial charge in [-0.15, -0.1) is 0 Å². The third-order valence-corrected chi connectivity index (χ3v) is 0.715. The van der Waals surface area contributed by atoms with E-state index in [1.54, 1.807) is 0 Å². The fraction of sp³-hybridized carbons (Fsp3) is 0.250. The van der Waals surface area contributed by atoms with Crippen molar-refractivity contribution in [3.05, 3.63) is 24.6 Å². The molecule has 0 aliphatic carbocycles. The number of hydrogen-bond donors (Lipinski definition) is 0. The van der Waals surface area contributed by atoms with E-state index in [0.29, 0.717) is 11.4 Å². The van der Waals surface area contributed by atoms with E-state index in [1.807, 2.05) is 13.8 Å². The summed E-state index contributed by atoms with van der Waals surface area (Å²) in [5, 5.41) is 0. The van der Waals surface area contributed by atoms with Gasteiger partial charge in [0.1, 0.15) is 0 Å². The van der Waals surface area contributed by atoms with E-state index in [9.17, 15) is 0 Å². The summed E-state index contributed by atoms with van der Waals surface area (Å²) >= 11 is 0. The van der Waals surface area contributed by atoms with Crippen LogP contribution in [0.25, 0.3) is 0 Å². The lowest BCUT2D eigenvalue weighted by Crippen LogP contribution is -1.74. The van der Waals surface area contributed by atoms with Gasteiger partial charge in [-0.05, 0) is 13.4 Å². The van der Waals surface area contributed by atoms with Crippen molar-refractivity contribution < 1.29 is 0 Å². The smallest absolute Gasteiger partial charge is 0.0800 e. The summed E-state index contributed by atoms with van der Waals surface area (Å²) in [6.07, 6.45) is 0. The Morgan fingerprint density at radius 3 is 1.20 bits per heavy atom. The normalized spacial score (nSPS) is 6.60. The van der Waals surface area contributed by atoms with Crippen molar-refractivity contribution in [2.75, 3.05) is 0 Å². The molecule has 0 aliphatic heterocycles. The second-order valence-corrected chi connectivity index (χ2v) is 1.21. The Hall–Kier alpha value is -1.18. The van der Waals surface area contributed by atoms with E-state index in [4.69, 9.17) is 0 Å². The summed E-state index contributed by atoms with van der Waals surface area (Å²) < 4.78 is 0. The van der Waals surface area contributed by atoms with Crippen LogP contribution in [0.5, 0.6) is 0 Å². The minimum Gasteiger partial charge on any atom is -0.263 e. The molecule has 0 unspecified atom stereocenters. The number of aliphatic imine (C=N–C) groups is 2. The van der Waals surface area contributed by atoms with Crippen LogP contribution < -0.4 is 0 Å². The summed E-state index contributed by atoms with van der Waals surface area (Å²) in [6, 6.07) is 0. The van der Waals surface area contributed by atoms with Crippen molar-refractivity contribution in [2.45, 2.75) is 13.8 Å². The SMILES string of the molecule is C=NC(=C)C(=C)N=C.CC. The van der Waals surface area contributed by atoms with Crippen LogP contribution in [0.2, 0.25) is 0 Å². The molecule has 2 heteroatoms. The summed E-state index contributed by atoms with van der Waals surface area (Å²) in [5.74, 6) is 0. The fourth-order valence-electron chi connectivity index (χ4n) is 0.183. The van der Waals surface area contributed by atoms with Gasteiger partial charge < -0.3 is 0 Å². The summed E-state index contributed by atoms with van der Waals surface area (Å²) in [7, 11) is 0. The summed E-state index contributed by atoms with van der Waals surface area (Å²) in [5.41, 5.74) is 0.944. The highest BCUT2D eigenvalue weighted by atomic mass is 14.8. The number of hydrogen-bond acceptors (Lipinski definition) is 2. The molecule has 0 saturated heterocycles. The van der Waals surface area contributed by atoms with Gasteiger partial charge in [0.2, 0.25) is 0 Å². The molecule has 0 spiro atoms. The third-order valence-electron chi connectivity index (χ3n) is 0.715. The first kappa shape index (κ1) is 11.6. The second-order valence-electron chi connectivity index (χ2n) is 1.21. The van der Waals surface area contributed by atoms with Gasteiger partial charge in [-0.1, -0.05) is 27.0 Å². The molecule has 0 radical (unpaired) electrons. The van der Waals surface area contributed by atoms with Crippen LogP contribution >= 0.6 is 0 Å². The van der Waals surface area contributed by atoms with Gasteiger partial charge in [-0.25, -0.2) is 0 Å². The Morgan fingerprint density at radius 1 is 0.900 bits per heavy atom. The molecule has 0 aromatic heterocycles. The van der Waals surface area contributed by atoms with Crippen molar-refractivity contribution in [2.24, 2.45) is 9.98 Å². The Labute approximate surface area is 62.7 Å². The first-order chi connectivity index (χ1) is 4.72. The zero-order chi connectivity index (χ0) is 8.57. The maximum absolute atomic E-state index is 3.48. The van der Waals surface area contributed by atoms with E-state index >= 15 is 0 Å². The van der Waals surface area contributed by atoms with Crippen molar-refractivity contribution in [1.82, 2.24) is 0 Å². The standard InChI is InChI=1S/C6H8N2.C2H6/c1-5(7-3)6(2)8-4;1-2/h1-4H2;1-2H3. The van der Waals surface area contributed by atoms with Gasteiger partial charge in [-0.2, -0.15) is 0 Å². The largest absolute Gasteiger partial charge is 0.263 e. The van der Waals surface area contributed by atoms with E-state index in [-0.39, 0.29) is 0 Å². The lowest BCUT2D eigenvalue weighted by Gasteiger charge is -1.91. The Kier molecular flexibility index (Phi) is 9.07. The van der Waals surface area contributed by atoms with Gasteiger partial charge in [-0.3, -0.25) is 9.98 Å². The summed E-state index contributed by atoms with van der Waals surface area (Å²) in [4.78, 5) is 6.96. The molecule has 0 fully saturated rings. The first-order valence-electron chi connectivity index (χ1n) is 3.04. The highest BCUT2D eigenvalue weighted by Crippen LogP contribution is 2.04. The third kappa shape index (κ3) is 4.97. The molecule has 0 saturated carbocycles. The van der Waals surface area contributed by atoms with Crippen molar-refractivity contribution >= 4 is 13.4 Å². The maximum atomic E-state index is 3.48. The Balaban J connectivity index is 0. The highest BCUT2D eigenvalue weighted by Gasteiger charge is 1.88. The van der Waals surface area contributed by atoms with Gasteiger partial charge >= 0.3 is 0 Å². The van der Waals surface area contributed by atoms with E-state index in [2.05, 4.69) is 36.6 Å². The number of rotatable bonds is 3. The maximum Gasteiger partial charge on any atom is 0.0800 e. The van der Waals surface area contributed by atoms with Gasteiger partial charge in [0.05, 0.1) is 11.4 Å². The molecule has 0 aromatic rings. The summed E-state index contributed by atoms with van der Waals surface area (Å²) in [6.45, 7) is 17.4. The first-order valence-corrected chi connectivity index (χ1v) is 3.04. The monoisotopic (exact) mass is 138 g/mol. The molecular weight excluding hydrogens is 124 g/mol. The molecular formula is C8H14N2. The molecule has 0 rings (SSSR count). The minimum atomic E-state index is 0.472. The van der Waals surface area contributed by atoms with Crippen LogP contribution in [-0.2, 0) is 0 Å². The Bertz CT molecular complexity index is 127. The molecule has 56 valence electrons. The quantitative estimate of drug-likeness (QED) is 0.422. The lowest BCUT2D eigenvalue weighted by atomic mass is 10.4. The predicted molar refractivity (Wildman–Crippen MR) is 48.7 cm³/mol. The van der Waals surface area contributed by atoms with Crippen LogP contribution in [-0.4, -0.2) is 13.4 Å². The Morgan fingerprint density at radius 2 is 1.10 bits per heavy atom. The van der Waals surface area contributed by atoms with Gasteiger partial charge in [0, 0.05) is 0 Å². The van der Waals surface area contributed by atoms with Crippen molar-refractivity contribution in [3.63, 3.8) is 0 Å². The number of nitrogens with zero attached hydrogens (tertiary/aromatic N) is 2. The molecule has 0 bridgehead atoms. The van der Waals surface area contributed by atoms with Crippen LogP contribution in [0.1, 0.15) is 13.8 Å². The van der Waals surface area contributed by atoms with Gasteiger partial charge in [0.15, 0.2) is 0 Å². The van der Waals surface area contributed by atoms with E-state index < -0.39 is 0 Å². The molecule has 0 heterocycles. The van der Waals surface area contributed by atoms with Crippen LogP contribution in [0.4, 0.5) is 0 Å². The molecule has 0 aromatic carbocycles. The average molecular weight is 138 g/mol. The molecule has 0 aliphatic rings. The van der Waals surface area contributed by atoms with E-state index in [0.717, 1.165) is 0 Å². The van der Waals surface area contributed by atoms with Crippen LogP contribution in [0, 0.1) is 0 Å². The average Bonchev–Trinajstić information content (AvgIpc) is 2.05. The van der Waals surface area contributed by atoms with Crippen molar-refractivity contribution in [3.8, 4) is 0 Å². The van der Waals surface area contributed by atoms with Gasteiger partial charge in [0.25, 0.3) is 0 Å². The van der Waals surface area contributed by atoms with Crippen LogP contribution in [0.3, 0.4) is 0 Å². The van der Waals surface area contributed by atoms with Crippen molar-refractivity contribution in [1.29, 1.82) is 0 Å². The topological polar surface area (TPSA) is 24.7 Å². The minimum absolute atomic E-state index is 0.472. The highest BCUT2D eigenvalue weighted by molar-refractivity contribution is 5.39. The van der Waals surface area contributed by atoms with E-state index in [1.165, 1.54) is 0 Å².